The summed E-state index contributed by atoms with van der Waals surface area (Å²) in [5.74, 6) is 0.146. The van der Waals surface area contributed by atoms with Crippen LogP contribution in [-0.4, -0.2) is 62.9 Å². The van der Waals surface area contributed by atoms with Crippen LogP contribution in [0.15, 0.2) is 59.5 Å². The van der Waals surface area contributed by atoms with Crippen molar-refractivity contribution in [3.05, 3.63) is 60.2 Å². The topological polar surface area (TPSA) is 86.9 Å². The molecule has 0 bridgehead atoms. The van der Waals surface area contributed by atoms with Crippen LogP contribution in [0.1, 0.15) is 19.4 Å². The van der Waals surface area contributed by atoms with Crippen LogP contribution >= 0.6 is 0 Å². The monoisotopic (exact) mass is 430 g/mol. The van der Waals surface area contributed by atoms with Crippen molar-refractivity contribution in [3.8, 4) is 0 Å². The highest BCUT2D eigenvalue weighted by molar-refractivity contribution is 7.89. The maximum Gasteiger partial charge on any atom is 0.239 e. The van der Waals surface area contributed by atoms with Gasteiger partial charge in [0, 0.05) is 45.0 Å². The number of carbonyl (C=O) groups excluding carboxylic acids is 1. The molecule has 0 spiro atoms. The summed E-state index contributed by atoms with van der Waals surface area (Å²) in [6, 6.07) is 16.5. The largest absolute Gasteiger partial charge is 0.369 e. The van der Waals surface area contributed by atoms with Gasteiger partial charge in [-0.2, -0.15) is 0 Å². The van der Waals surface area contributed by atoms with Gasteiger partial charge in [0.2, 0.25) is 15.9 Å². The molecule has 0 aliphatic carbocycles. The second kappa shape index (κ2) is 9.59. The van der Waals surface area contributed by atoms with E-state index in [-0.39, 0.29) is 16.8 Å². The zero-order chi connectivity index (χ0) is 21.7. The first-order chi connectivity index (χ1) is 14.3. The summed E-state index contributed by atoms with van der Waals surface area (Å²) in [5, 5.41) is 5.17. The van der Waals surface area contributed by atoms with Crippen LogP contribution in [-0.2, 0) is 21.4 Å². The third-order valence-electron chi connectivity index (χ3n) is 5.66. The van der Waals surface area contributed by atoms with E-state index in [2.05, 4.69) is 9.80 Å². The number of piperazine rings is 1. The number of rotatable bonds is 7. The van der Waals surface area contributed by atoms with Crippen molar-refractivity contribution in [1.82, 2.24) is 9.80 Å². The quantitative estimate of drug-likeness (QED) is 0.725. The molecule has 0 saturated carbocycles. The second-order valence-electron chi connectivity index (χ2n) is 7.58. The van der Waals surface area contributed by atoms with Gasteiger partial charge in [-0.05, 0) is 43.7 Å². The lowest BCUT2D eigenvalue weighted by atomic mass is 10.1. The highest BCUT2D eigenvalue weighted by Gasteiger charge is 2.28. The molecule has 30 heavy (non-hydrogen) atoms. The SMILES string of the molecule is CCN(Cc1ccccc1)C(=O)C(C)N1CCN(c2ccc(S(N)(=O)=O)cc2)CC1. The van der Waals surface area contributed by atoms with Crippen LogP contribution in [0.2, 0.25) is 0 Å². The Morgan fingerprint density at radius 2 is 1.63 bits per heavy atom. The van der Waals surface area contributed by atoms with Gasteiger partial charge < -0.3 is 9.80 Å². The number of carbonyl (C=O) groups is 1. The molecular formula is C22H30N4O3S. The van der Waals surface area contributed by atoms with Crippen molar-refractivity contribution in [1.29, 1.82) is 0 Å². The lowest BCUT2D eigenvalue weighted by Crippen LogP contribution is -2.54. The molecule has 1 heterocycles. The Bertz CT molecular complexity index is 940. The molecule has 3 rings (SSSR count). The zero-order valence-corrected chi connectivity index (χ0v) is 18.4. The number of primary sulfonamides is 1. The predicted molar refractivity (Wildman–Crippen MR) is 119 cm³/mol. The Balaban J connectivity index is 1.57. The molecule has 1 unspecified atom stereocenters. The van der Waals surface area contributed by atoms with E-state index < -0.39 is 10.0 Å². The fourth-order valence-electron chi connectivity index (χ4n) is 3.78. The van der Waals surface area contributed by atoms with Gasteiger partial charge in [-0.15, -0.1) is 0 Å². The highest BCUT2D eigenvalue weighted by atomic mass is 32.2. The van der Waals surface area contributed by atoms with Crippen LogP contribution < -0.4 is 10.0 Å². The number of sulfonamides is 1. The summed E-state index contributed by atoms with van der Waals surface area (Å²) >= 11 is 0. The van der Waals surface area contributed by atoms with Crippen molar-refractivity contribution >= 4 is 21.6 Å². The lowest BCUT2D eigenvalue weighted by Gasteiger charge is -2.39. The summed E-state index contributed by atoms with van der Waals surface area (Å²) in [6.45, 7) is 8.38. The first kappa shape index (κ1) is 22.3. The minimum Gasteiger partial charge on any atom is -0.369 e. The number of hydrogen-bond donors (Lipinski definition) is 1. The first-order valence-electron chi connectivity index (χ1n) is 10.2. The van der Waals surface area contributed by atoms with E-state index in [9.17, 15) is 13.2 Å². The van der Waals surface area contributed by atoms with E-state index in [1.165, 1.54) is 12.1 Å². The van der Waals surface area contributed by atoms with Gasteiger partial charge in [0.25, 0.3) is 0 Å². The van der Waals surface area contributed by atoms with Crippen molar-refractivity contribution in [2.24, 2.45) is 5.14 Å². The number of nitrogens with two attached hydrogens (primary N) is 1. The molecule has 0 radical (unpaired) electrons. The Morgan fingerprint density at radius 3 is 2.17 bits per heavy atom. The van der Waals surface area contributed by atoms with Crippen molar-refractivity contribution in [2.45, 2.75) is 31.3 Å². The summed E-state index contributed by atoms with van der Waals surface area (Å²) < 4.78 is 22.8. The van der Waals surface area contributed by atoms with Crippen LogP contribution in [0, 0.1) is 0 Å². The normalized spacial score (nSPS) is 16.3. The second-order valence-corrected chi connectivity index (χ2v) is 9.14. The van der Waals surface area contributed by atoms with Gasteiger partial charge in [0.1, 0.15) is 0 Å². The Labute approximate surface area is 179 Å². The Hall–Kier alpha value is -2.42. The minimum absolute atomic E-state index is 0.113. The van der Waals surface area contributed by atoms with E-state index in [4.69, 9.17) is 5.14 Å². The van der Waals surface area contributed by atoms with Gasteiger partial charge in [-0.3, -0.25) is 9.69 Å². The Kier molecular flexibility index (Phi) is 7.12. The summed E-state index contributed by atoms with van der Waals surface area (Å²) in [4.78, 5) is 19.5. The van der Waals surface area contributed by atoms with E-state index >= 15 is 0 Å². The molecular weight excluding hydrogens is 400 g/mol. The van der Waals surface area contributed by atoms with Crippen molar-refractivity contribution < 1.29 is 13.2 Å². The number of hydrogen-bond acceptors (Lipinski definition) is 5. The number of benzene rings is 2. The number of anilines is 1. The van der Waals surface area contributed by atoms with Gasteiger partial charge in [-0.1, -0.05) is 30.3 Å². The minimum atomic E-state index is -3.68. The van der Waals surface area contributed by atoms with E-state index in [0.29, 0.717) is 13.1 Å². The van der Waals surface area contributed by atoms with Crippen LogP contribution in [0.25, 0.3) is 0 Å². The van der Waals surface area contributed by atoms with Gasteiger partial charge in [0.15, 0.2) is 0 Å². The van der Waals surface area contributed by atoms with Crippen LogP contribution in [0.3, 0.4) is 0 Å². The maximum atomic E-state index is 13.1. The molecule has 2 aromatic rings. The molecule has 162 valence electrons. The average Bonchev–Trinajstić information content (AvgIpc) is 2.77. The van der Waals surface area contributed by atoms with E-state index in [1.54, 1.807) is 12.1 Å². The molecule has 1 saturated heterocycles. The maximum absolute atomic E-state index is 13.1. The lowest BCUT2D eigenvalue weighted by molar-refractivity contribution is -0.137. The summed E-state index contributed by atoms with van der Waals surface area (Å²) in [6.07, 6.45) is 0. The van der Waals surface area contributed by atoms with E-state index in [0.717, 1.165) is 37.4 Å². The molecule has 1 aliphatic rings. The highest BCUT2D eigenvalue weighted by Crippen LogP contribution is 2.20. The summed E-state index contributed by atoms with van der Waals surface area (Å²) in [7, 11) is -3.68. The molecule has 1 amide bonds. The fourth-order valence-corrected chi connectivity index (χ4v) is 4.30. The Morgan fingerprint density at radius 1 is 1.03 bits per heavy atom. The van der Waals surface area contributed by atoms with Gasteiger partial charge in [0.05, 0.1) is 10.9 Å². The van der Waals surface area contributed by atoms with E-state index in [1.807, 2.05) is 49.1 Å². The average molecular weight is 431 g/mol. The fraction of sp³-hybridized carbons (Fsp3) is 0.409. The number of amides is 1. The third kappa shape index (κ3) is 5.38. The molecule has 2 aromatic carbocycles. The summed E-state index contributed by atoms with van der Waals surface area (Å²) in [5.41, 5.74) is 2.09. The molecule has 0 aromatic heterocycles. The van der Waals surface area contributed by atoms with Crippen molar-refractivity contribution in [2.75, 3.05) is 37.6 Å². The smallest absolute Gasteiger partial charge is 0.239 e. The predicted octanol–water partition coefficient (Wildman–Crippen LogP) is 1.89. The number of likely N-dealkylation sites (N-methyl/N-ethyl adjacent to an activating group) is 1. The third-order valence-corrected chi connectivity index (χ3v) is 6.59. The molecule has 1 aliphatic heterocycles. The molecule has 1 fully saturated rings. The molecule has 1 atom stereocenters. The van der Waals surface area contributed by atoms with Crippen molar-refractivity contribution in [3.63, 3.8) is 0 Å². The molecule has 8 heteroatoms. The molecule has 7 nitrogen and oxygen atoms in total. The molecule has 2 N–H and O–H groups in total. The first-order valence-corrected chi connectivity index (χ1v) is 11.8. The van der Waals surface area contributed by atoms with Gasteiger partial charge >= 0.3 is 0 Å². The standard InChI is InChI=1S/C22H30N4O3S/c1-3-24(17-19-7-5-4-6-8-19)22(27)18(2)25-13-15-26(16-14-25)20-9-11-21(12-10-20)30(23,28)29/h4-12,18H,3,13-17H2,1-2H3,(H2,23,28,29). The van der Waals surface area contributed by atoms with Crippen LogP contribution in [0.5, 0.6) is 0 Å². The van der Waals surface area contributed by atoms with Crippen LogP contribution in [0.4, 0.5) is 5.69 Å². The van der Waals surface area contributed by atoms with Gasteiger partial charge in [-0.25, -0.2) is 13.6 Å². The zero-order valence-electron chi connectivity index (χ0n) is 17.6. The number of nitrogens with zero attached hydrogens (tertiary/aromatic N) is 3.